The summed E-state index contributed by atoms with van der Waals surface area (Å²) >= 11 is 6.22. The van der Waals surface area contributed by atoms with E-state index in [9.17, 15) is 13.2 Å². The van der Waals surface area contributed by atoms with E-state index in [0.29, 0.717) is 5.69 Å². The van der Waals surface area contributed by atoms with Gasteiger partial charge in [-0.05, 0) is 61.1 Å². The Hall–Kier alpha value is -2.87. The van der Waals surface area contributed by atoms with E-state index in [1.54, 1.807) is 18.2 Å². The van der Waals surface area contributed by atoms with Crippen molar-refractivity contribution in [2.75, 3.05) is 23.1 Å². The predicted octanol–water partition coefficient (Wildman–Crippen LogP) is 5.23. The Bertz CT molecular complexity index is 1160. The van der Waals surface area contributed by atoms with E-state index in [1.807, 2.05) is 24.3 Å². The van der Waals surface area contributed by atoms with E-state index >= 15 is 0 Å². The van der Waals surface area contributed by atoms with Gasteiger partial charge >= 0.3 is 0 Å². The third-order valence-electron chi connectivity index (χ3n) is 5.03. The van der Waals surface area contributed by atoms with Crippen LogP contribution in [-0.4, -0.2) is 32.3 Å². The number of hydrogen-bond acceptors (Lipinski definition) is 4. The number of nitrogens with one attached hydrogen (secondary N) is 2. The van der Waals surface area contributed by atoms with E-state index < -0.39 is 15.9 Å². The Morgan fingerprint density at radius 2 is 1.53 bits per heavy atom. The van der Waals surface area contributed by atoms with E-state index in [4.69, 9.17) is 11.6 Å². The van der Waals surface area contributed by atoms with Crippen molar-refractivity contribution >= 4 is 38.9 Å². The molecule has 1 amide bonds. The number of hydrogen-bond donors (Lipinski definition) is 2. The number of amides is 1. The number of halogens is 1. The van der Waals surface area contributed by atoms with Crippen LogP contribution < -0.4 is 10.0 Å². The van der Waals surface area contributed by atoms with Gasteiger partial charge in [0.15, 0.2) is 0 Å². The summed E-state index contributed by atoms with van der Waals surface area (Å²) in [7, 11) is -3.78. The topological polar surface area (TPSA) is 78.5 Å². The minimum absolute atomic E-state index is 0.130. The minimum atomic E-state index is -3.78. The monoisotopic (exact) mass is 471 g/mol. The second-order valence-electron chi connectivity index (χ2n) is 7.23. The molecule has 3 rings (SSSR count). The van der Waals surface area contributed by atoms with Gasteiger partial charge in [-0.15, -0.1) is 0 Å². The molecule has 0 aliphatic rings. The summed E-state index contributed by atoms with van der Waals surface area (Å²) in [4.78, 5) is 15.2. The lowest BCUT2D eigenvalue weighted by Gasteiger charge is -2.18. The molecule has 0 fully saturated rings. The average Bonchev–Trinajstić information content (AvgIpc) is 2.80. The molecule has 0 bridgehead atoms. The van der Waals surface area contributed by atoms with E-state index in [1.165, 1.54) is 30.3 Å². The number of rotatable bonds is 9. The van der Waals surface area contributed by atoms with Crippen LogP contribution in [0.4, 0.5) is 11.4 Å². The first-order valence-electron chi connectivity index (χ1n) is 10.3. The molecule has 2 N–H and O–H groups in total. The Morgan fingerprint density at radius 3 is 2.16 bits per heavy atom. The quantitative estimate of drug-likeness (QED) is 0.447. The van der Waals surface area contributed by atoms with Crippen LogP contribution in [0.3, 0.4) is 0 Å². The first kappa shape index (κ1) is 23.8. The maximum atomic E-state index is 12.8. The highest BCUT2D eigenvalue weighted by Gasteiger charge is 2.17. The van der Waals surface area contributed by atoms with Crippen molar-refractivity contribution in [1.82, 2.24) is 4.90 Å². The highest BCUT2D eigenvalue weighted by Crippen LogP contribution is 2.24. The molecule has 0 saturated carbocycles. The molecule has 0 unspecified atom stereocenters. The molecule has 0 radical (unpaired) electrons. The predicted molar refractivity (Wildman–Crippen MR) is 130 cm³/mol. The fourth-order valence-electron chi connectivity index (χ4n) is 3.17. The maximum Gasteiger partial charge on any atom is 0.261 e. The van der Waals surface area contributed by atoms with Crippen molar-refractivity contribution in [2.24, 2.45) is 0 Å². The van der Waals surface area contributed by atoms with Crippen molar-refractivity contribution in [3.8, 4) is 0 Å². The molecule has 0 saturated heterocycles. The van der Waals surface area contributed by atoms with Gasteiger partial charge in [-0.25, -0.2) is 8.42 Å². The molecular weight excluding hydrogens is 446 g/mol. The summed E-state index contributed by atoms with van der Waals surface area (Å²) < 4.78 is 27.6. The van der Waals surface area contributed by atoms with Gasteiger partial charge in [0.05, 0.1) is 15.5 Å². The number of benzene rings is 3. The summed E-state index contributed by atoms with van der Waals surface area (Å²) in [6.45, 7) is 7.03. The molecule has 0 aliphatic heterocycles. The lowest BCUT2D eigenvalue weighted by atomic mass is 10.1. The van der Waals surface area contributed by atoms with Crippen LogP contribution in [0.5, 0.6) is 0 Å². The zero-order chi connectivity index (χ0) is 23.1. The van der Waals surface area contributed by atoms with Gasteiger partial charge in [-0.3, -0.25) is 14.4 Å². The molecular formula is C24H26ClN3O3S. The SMILES string of the molecule is CCN(CC)Cc1ccc(NC(=O)c2cc(NS(=O)(=O)c3ccccc3)ccc2Cl)cc1. The molecule has 32 heavy (non-hydrogen) atoms. The van der Waals surface area contributed by atoms with Crippen LogP contribution in [0.1, 0.15) is 29.8 Å². The first-order valence-corrected chi connectivity index (χ1v) is 12.2. The fraction of sp³-hybridized carbons (Fsp3) is 0.208. The molecule has 0 heterocycles. The summed E-state index contributed by atoms with van der Waals surface area (Å²) in [6.07, 6.45) is 0. The Balaban J connectivity index is 1.73. The van der Waals surface area contributed by atoms with Crippen molar-refractivity contribution in [3.63, 3.8) is 0 Å². The normalized spacial score (nSPS) is 11.4. The largest absolute Gasteiger partial charge is 0.322 e. The Kier molecular flexibility index (Phi) is 7.90. The molecule has 0 atom stereocenters. The van der Waals surface area contributed by atoms with Gasteiger partial charge in [-0.1, -0.05) is 55.8 Å². The van der Waals surface area contributed by atoms with Crippen LogP contribution in [0.15, 0.2) is 77.7 Å². The van der Waals surface area contributed by atoms with Crippen LogP contribution in [0.2, 0.25) is 5.02 Å². The second-order valence-corrected chi connectivity index (χ2v) is 9.32. The Morgan fingerprint density at radius 1 is 0.906 bits per heavy atom. The summed E-state index contributed by atoms with van der Waals surface area (Å²) in [5.41, 5.74) is 2.21. The highest BCUT2D eigenvalue weighted by atomic mass is 35.5. The van der Waals surface area contributed by atoms with Crippen LogP contribution >= 0.6 is 11.6 Å². The van der Waals surface area contributed by atoms with Crippen molar-refractivity contribution < 1.29 is 13.2 Å². The van der Waals surface area contributed by atoms with Crippen molar-refractivity contribution in [3.05, 3.63) is 88.9 Å². The number of carbonyl (C=O) groups is 1. The second kappa shape index (κ2) is 10.6. The van der Waals surface area contributed by atoms with Crippen molar-refractivity contribution in [2.45, 2.75) is 25.3 Å². The number of carbonyl (C=O) groups excluding carboxylic acids is 1. The van der Waals surface area contributed by atoms with Gasteiger partial charge in [-0.2, -0.15) is 0 Å². The van der Waals surface area contributed by atoms with Gasteiger partial charge in [0.1, 0.15) is 0 Å². The zero-order valence-electron chi connectivity index (χ0n) is 18.0. The standard InChI is InChI=1S/C24H26ClN3O3S/c1-3-28(4-2)17-18-10-12-19(13-11-18)26-24(29)22-16-20(14-15-23(22)25)27-32(30,31)21-8-6-5-7-9-21/h5-16,27H,3-4,17H2,1-2H3,(H,26,29). The lowest BCUT2D eigenvalue weighted by molar-refractivity contribution is 0.102. The van der Waals surface area contributed by atoms with Gasteiger partial charge in [0.25, 0.3) is 15.9 Å². The summed E-state index contributed by atoms with van der Waals surface area (Å²) in [5, 5.41) is 3.04. The molecule has 0 spiro atoms. The fourth-order valence-corrected chi connectivity index (χ4v) is 4.45. The Labute approximate surface area is 194 Å². The van der Waals surface area contributed by atoms with Gasteiger partial charge < -0.3 is 5.32 Å². The molecule has 0 aliphatic carbocycles. The highest BCUT2D eigenvalue weighted by molar-refractivity contribution is 7.92. The van der Waals surface area contributed by atoms with Gasteiger partial charge in [0, 0.05) is 17.9 Å². The molecule has 8 heteroatoms. The molecule has 168 valence electrons. The van der Waals surface area contributed by atoms with Crippen LogP contribution in [-0.2, 0) is 16.6 Å². The average molecular weight is 472 g/mol. The number of sulfonamides is 1. The lowest BCUT2D eigenvalue weighted by Crippen LogP contribution is -2.22. The van der Waals surface area contributed by atoms with Crippen LogP contribution in [0, 0.1) is 0 Å². The first-order chi connectivity index (χ1) is 15.3. The third-order valence-corrected chi connectivity index (χ3v) is 6.76. The number of anilines is 2. The zero-order valence-corrected chi connectivity index (χ0v) is 19.6. The molecule has 6 nitrogen and oxygen atoms in total. The van der Waals surface area contributed by atoms with E-state index in [2.05, 4.69) is 28.8 Å². The summed E-state index contributed by atoms with van der Waals surface area (Å²) in [5.74, 6) is -0.424. The third kappa shape index (κ3) is 6.09. The number of nitrogens with zero attached hydrogens (tertiary/aromatic N) is 1. The summed E-state index contributed by atoms with van der Waals surface area (Å²) in [6, 6.07) is 20.1. The van der Waals surface area contributed by atoms with Crippen molar-refractivity contribution in [1.29, 1.82) is 0 Å². The molecule has 3 aromatic rings. The maximum absolute atomic E-state index is 12.8. The van der Waals surface area contributed by atoms with E-state index in [0.717, 1.165) is 25.2 Å². The molecule has 0 aromatic heterocycles. The smallest absolute Gasteiger partial charge is 0.261 e. The minimum Gasteiger partial charge on any atom is -0.322 e. The van der Waals surface area contributed by atoms with E-state index in [-0.39, 0.29) is 21.2 Å². The van der Waals surface area contributed by atoms with Crippen LogP contribution in [0.25, 0.3) is 0 Å². The van der Waals surface area contributed by atoms with Gasteiger partial charge in [0.2, 0.25) is 0 Å². The molecule has 3 aromatic carbocycles.